The van der Waals surface area contributed by atoms with Crippen molar-refractivity contribution in [3.05, 3.63) is 63.0 Å². The van der Waals surface area contributed by atoms with Crippen molar-refractivity contribution in [1.82, 2.24) is 4.90 Å². The standard InChI is InChI=1S/C18H14Cl2N2O2S/c1-22-17(23)16(10-11-9-13(20)5-8-15(11)24-2)25-18(22)21-14-6-3-12(19)4-7-14/h3-10H,1-2H3/b16-10+,21-18?. The molecule has 128 valence electrons. The Morgan fingerprint density at radius 1 is 1.12 bits per heavy atom. The summed E-state index contributed by atoms with van der Waals surface area (Å²) in [5.74, 6) is 0.524. The van der Waals surface area contributed by atoms with Crippen molar-refractivity contribution in [2.24, 2.45) is 4.99 Å². The lowest BCUT2D eigenvalue weighted by Crippen LogP contribution is -2.23. The molecule has 1 aliphatic heterocycles. The number of methoxy groups -OCH3 is 1. The van der Waals surface area contributed by atoms with Crippen LogP contribution in [0.4, 0.5) is 5.69 Å². The minimum absolute atomic E-state index is 0.125. The number of benzene rings is 2. The highest BCUT2D eigenvalue weighted by atomic mass is 35.5. The maximum Gasteiger partial charge on any atom is 0.266 e. The van der Waals surface area contributed by atoms with Crippen LogP contribution < -0.4 is 4.74 Å². The zero-order valence-corrected chi connectivity index (χ0v) is 15.8. The van der Waals surface area contributed by atoms with Crippen molar-refractivity contribution in [2.45, 2.75) is 0 Å². The molecule has 0 unspecified atom stereocenters. The molecule has 2 aromatic rings. The molecule has 0 aliphatic carbocycles. The molecule has 3 rings (SSSR count). The van der Waals surface area contributed by atoms with E-state index < -0.39 is 0 Å². The number of halogens is 2. The van der Waals surface area contributed by atoms with Crippen LogP contribution in [0, 0.1) is 0 Å². The molecule has 1 saturated heterocycles. The number of carbonyl (C=O) groups excluding carboxylic acids is 1. The number of ether oxygens (including phenoxy) is 1. The summed E-state index contributed by atoms with van der Waals surface area (Å²) in [6.45, 7) is 0. The highest BCUT2D eigenvalue weighted by Gasteiger charge is 2.30. The first-order chi connectivity index (χ1) is 12.0. The maximum absolute atomic E-state index is 12.5. The summed E-state index contributed by atoms with van der Waals surface area (Å²) in [5.41, 5.74) is 1.47. The summed E-state index contributed by atoms with van der Waals surface area (Å²) in [4.78, 5) is 19.1. The first-order valence-electron chi connectivity index (χ1n) is 7.33. The molecule has 0 radical (unpaired) electrons. The molecule has 0 saturated carbocycles. The van der Waals surface area contributed by atoms with E-state index in [2.05, 4.69) is 4.99 Å². The van der Waals surface area contributed by atoms with Crippen LogP contribution in [0.25, 0.3) is 6.08 Å². The van der Waals surface area contributed by atoms with Crippen LogP contribution in [0.3, 0.4) is 0 Å². The quantitative estimate of drug-likeness (QED) is 0.670. The number of thioether (sulfide) groups is 1. The molecule has 0 N–H and O–H groups in total. The van der Waals surface area contributed by atoms with E-state index >= 15 is 0 Å². The second kappa shape index (κ2) is 7.52. The zero-order valence-electron chi connectivity index (χ0n) is 13.5. The molecular formula is C18H14Cl2N2O2S. The van der Waals surface area contributed by atoms with E-state index in [1.807, 2.05) is 0 Å². The number of aliphatic imine (C=N–C) groups is 1. The highest BCUT2D eigenvalue weighted by Crippen LogP contribution is 2.35. The Hall–Kier alpha value is -1.95. The lowest BCUT2D eigenvalue weighted by atomic mass is 10.2. The summed E-state index contributed by atoms with van der Waals surface area (Å²) >= 11 is 13.2. The van der Waals surface area contributed by atoms with Gasteiger partial charge in [0.25, 0.3) is 5.91 Å². The van der Waals surface area contributed by atoms with Crippen LogP contribution in [0.15, 0.2) is 52.4 Å². The fourth-order valence-corrected chi connectivity index (χ4v) is 3.52. The Morgan fingerprint density at radius 2 is 1.80 bits per heavy atom. The Balaban J connectivity index is 1.93. The molecule has 1 amide bonds. The fraction of sp³-hybridized carbons (Fsp3) is 0.111. The van der Waals surface area contributed by atoms with Crippen molar-refractivity contribution >= 4 is 57.8 Å². The fourth-order valence-electron chi connectivity index (χ4n) is 2.24. The normalized spacial score (nSPS) is 17.6. The van der Waals surface area contributed by atoms with Crippen LogP contribution >= 0.6 is 35.0 Å². The maximum atomic E-state index is 12.5. The smallest absolute Gasteiger partial charge is 0.266 e. The predicted molar refractivity (Wildman–Crippen MR) is 105 cm³/mol. The summed E-state index contributed by atoms with van der Waals surface area (Å²) < 4.78 is 5.33. The van der Waals surface area contributed by atoms with E-state index in [1.165, 1.54) is 16.7 Å². The van der Waals surface area contributed by atoms with E-state index in [0.717, 1.165) is 11.3 Å². The molecule has 0 spiro atoms. The topological polar surface area (TPSA) is 41.9 Å². The highest BCUT2D eigenvalue weighted by molar-refractivity contribution is 8.18. The van der Waals surface area contributed by atoms with Gasteiger partial charge in [0.1, 0.15) is 5.75 Å². The van der Waals surface area contributed by atoms with Gasteiger partial charge in [-0.15, -0.1) is 0 Å². The Labute approximate surface area is 160 Å². The molecule has 2 aromatic carbocycles. The summed E-state index contributed by atoms with van der Waals surface area (Å²) in [6, 6.07) is 12.4. The lowest BCUT2D eigenvalue weighted by Gasteiger charge is -2.07. The van der Waals surface area contributed by atoms with E-state index in [-0.39, 0.29) is 5.91 Å². The van der Waals surface area contributed by atoms with Crippen molar-refractivity contribution in [3.63, 3.8) is 0 Å². The van der Waals surface area contributed by atoms with Crippen molar-refractivity contribution in [3.8, 4) is 5.75 Å². The van der Waals surface area contributed by atoms with Gasteiger partial charge in [-0.25, -0.2) is 4.99 Å². The zero-order chi connectivity index (χ0) is 18.0. The molecule has 1 aliphatic rings. The molecule has 7 heteroatoms. The number of likely N-dealkylation sites (N-methyl/N-ethyl adjacent to an activating group) is 1. The second-order valence-corrected chi connectivity index (χ2v) is 7.11. The van der Waals surface area contributed by atoms with Gasteiger partial charge in [-0.2, -0.15) is 0 Å². The average molecular weight is 393 g/mol. The van der Waals surface area contributed by atoms with Crippen LogP contribution in [0.5, 0.6) is 5.75 Å². The third kappa shape index (κ3) is 4.00. The number of rotatable bonds is 3. The summed E-state index contributed by atoms with van der Waals surface area (Å²) in [5, 5.41) is 1.81. The van der Waals surface area contributed by atoms with Crippen LogP contribution in [0.1, 0.15) is 5.56 Å². The monoisotopic (exact) mass is 392 g/mol. The Bertz CT molecular complexity index is 879. The summed E-state index contributed by atoms with van der Waals surface area (Å²) in [7, 11) is 3.27. The van der Waals surface area contributed by atoms with Crippen LogP contribution in [0.2, 0.25) is 10.0 Å². The van der Waals surface area contributed by atoms with Gasteiger partial charge < -0.3 is 4.74 Å². The molecular weight excluding hydrogens is 379 g/mol. The molecule has 1 fully saturated rings. The SMILES string of the molecule is COc1ccc(Cl)cc1/C=C1/SC(=Nc2ccc(Cl)cc2)N(C)C1=O. The van der Waals surface area contributed by atoms with Gasteiger partial charge in [0, 0.05) is 22.7 Å². The molecule has 1 heterocycles. The second-order valence-electron chi connectivity index (χ2n) is 5.23. The third-order valence-electron chi connectivity index (χ3n) is 3.53. The minimum Gasteiger partial charge on any atom is -0.496 e. The number of hydrogen-bond donors (Lipinski definition) is 0. The molecule has 4 nitrogen and oxygen atoms in total. The van der Waals surface area contributed by atoms with Crippen molar-refractivity contribution in [2.75, 3.05) is 14.2 Å². The molecule has 25 heavy (non-hydrogen) atoms. The largest absolute Gasteiger partial charge is 0.496 e. The van der Waals surface area contributed by atoms with E-state index in [1.54, 1.807) is 62.7 Å². The first kappa shape index (κ1) is 17.9. The van der Waals surface area contributed by atoms with Gasteiger partial charge in [0.2, 0.25) is 0 Å². The van der Waals surface area contributed by atoms with Gasteiger partial charge in [-0.1, -0.05) is 23.2 Å². The molecule has 0 aromatic heterocycles. The lowest BCUT2D eigenvalue weighted by molar-refractivity contribution is -0.121. The van der Waals surface area contributed by atoms with Crippen molar-refractivity contribution < 1.29 is 9.53 Å². The Kier molecular flexibility index (Phi) is 5.37. The Morgan fingerprint density at radius 3 is 2.48 bits per heavy atom. The number of amides is 1. The molecule has 0 bridgehead atoms. The summed E-state index contributed by atoms with van der Waals surface area (Å²) in [6.07, 6.45) is 1.76. The number of nitrogens with zero attached hydrogens (tertiary/aromatic N) is 2. The van der Waals surface area contributed by atoms with Crippen molar-refractivity contribution in [1.29, 1.82) is 0 Å². The number of carbonyl (C=O) groups is 1. The number of hydrogen-bond acceptors (Lipinski definition) is 4. The first-order valence-corrected chi connectivity index (χ1v) is 8.90. The van der Waals surface area contributed by atoms with E-state index in [4.69, 9.17) is 27.9 Å². The number of amidine groups is 1. The average Bonchev–Trinajstić information content (AvgIpc) is 2.85. The van der Waals surface area contributed by atoms with Crippen LogP contribution in [-0.2, 0) is 4.79 Å². The van der Waals surface area contributed by atoms with Gasteiger partial charge in [0.15, 0.2) is 5.17 Å². The van der Waals surface area contributed by atoms with E-state index in [0.29, 0.717) is 25.9 Å². The van der Waals surface area contributed by atoms with E-state index in [9.17, 15) is 4.79 Å². The molecule has 0 atom stereocenters. The van der Waals surface area contributed by atoms with Crippen LogP contribution in [-0.4, -0.2) is 30.1 Å². The van der Waals surface area contributed by atoms with Gasteiger partial charge in [0.05, 0.1) is 17.7 Å². The third-order valence-corrected chi connectivity index (χ3v) is 5.08. The van der Waals surface area contributed by atoms with Gasteiger partial charge in [-0.05, 0) is 60.3 Å². The predicted octanol–water partition coefficient (Wildman–Crippen LogP) is 5.24. The van der Waals surface area contributed by atoms with Gasteiger partial charge in [-0.3, -0.25) is 9.69 Å². The minimum atomic E-state index is -0.125. The van der Waals surface area contributed by atoms with Gasteiger partial charge >= 0.3 is 0 Å².